The van der Waals surface area contributed by atoms with Gasteiger partial charge in [-0.05, 0) is 48.5 Å². The average Bonchev–Trinajstić information content (AvgIpc) is 2.98. The van der Waals surface area contributed by atoms with Gasteiger partial charge >= 0.3 is 6.18 Å². The van der Waals surface area contributed by atoms with Crippen molar-refractivity contribution >= 4 is 23.1 Å². The molecule has 3 aromatic rings. The number of halogens is 4. The molecule has 1 aromatic heterocycles. The van der Waals surface area contributed by atoms with Crippen molar-refractivity contribution in [3.05, 3.63) is 93.3 Å². The highest BCUT2D eigenvalue weighted by Gasteiger charge is 2.34. The molecule has 10 heteroatoms. The number of morpholine rings is 1. The number of rotatable bonds is 6. The van der Waals surface area contributed by atoms with Crippen LogP contribution in [0, 0.1) is 11.8 Å². The Morgan fingerprint density at radius 1 is 0.976 bits per heavy atom. The van der Waals surface area contributed by atoms with Crippen molar-refractivity contribution in [3.8, 4) is 11.8 Å². The Balaban J connectivity index is 1.31. The Labute approximate surface area is 249 Å². The number of benzene rings is 2. The predicted molar refractivity (Wildman–Crippen MR) is 157 cm³/mol. The van der Waals surface area contributed by atoms with E-state index in [0.717, 1.165) is 37.9 Å². The number of ketones is 1. The molecule has 0 spiro atoms. The number of carbonyl (C=O) groups excluding carboxylic acids is 1. The lowest BCUT2D eigenvalue weighted by Gasteiger charge is -2.33. The molecule has 220 valence electrons. The van der Waals surface area contributed by atoms with Crippen molar-refractivity contribution < 1.29 is 22.7 Å². The Morgan fingerprint density at radius 3 is 2.48 bits per heavy atom. The summed E-state index contributed by atoms with van der Waals surface area (Å²) in [5.74, 6) is 5.77. The second-order valence-electron chi connectivity index (χ2n) is 10.6. The largest absolute Gasteiger partial charge is 0.416 e. The van der Waals surface area contributed by atoms with Gasteiger partial charge in [0.15, 0.2) is 5.78 Å². The zero-order valence-corrected chi connectivity index (χ0v) is 24.1. The maximum atomic E-state index is 14.0. The lowest BCUT2D eigenvalue weighted by Crippen LogP contribution is -2.44. The van der Waals surface area contributed by atoms with Crippen molar-refractivity contribution in [1.29, 1.82) is 0 Å². The number of Topliss-reactive ketones (excluding diaryl/α,β-unsaturated/α-hetero) is 1. The second-order valence-corrected chi connectivity index (χ2v) is 11.1. The molecule has 2 saturated heterocycles. The van der Waals surface area contributed by atoms with Crippen molar-refractivity contribution in [2.75, 3.05) is 64.4 Å². The van der Waals surface area contributed by atoms with Crippen LogP contribution in [0.3, 0.4) is 0 Å². The lowest BCUT2D eigenvalue weighted by molar-refractivity contribution is -0.138. The van der Waals surface area contributed by atoms with Crippen LogP contribution in [0.2, 0.25) is 5.02 Å². The first-order valence-electron chi connectivity index (χ1n) is 13.9. The van der Waals surface area contributed by atoms with Crippen LogP contribution in [0.5, 0.6) is 0 Å². The van der Waals surface area contributed by atoms with Crippen LogP contribution in [-0.2, 0) is 23.9 Å². The van der Waals surface area contributed by atoms with E-state index < -0.39 is 11.7 Å². The smallest absolute Gasteiger partial charge is 0.378 e. The van der Waals surface area contributed by atoms with Crippen molar-refractivity contribution in [1.82, 2.24) is 14.8 Å². The minimum Gasteiger partial charge on any atom is -0.378 e. The normalized spacial score (nSPS) is 16.6. The number of alkyl halides is 3. The van der Waals surface area contributed by atoms with Gasteiger partial charge in [-0.15, -0.1) is 0 Å². The summed E-state index contributed by atoms with van der Waals surface area (Å²) in [7, 11) is 2.00. The topological polar surface area (TPSA) is 48.9 Å². The summed E-state index contributed by atoms with van der Waals surface area (Å²) in [6.07, 6.45) is -1.24. The van der Waals surface area contributed by atoms with Crippen LogP contribution in [-0.4, -0.2) is 80.1 Å². The van der Waals surface area contributed by atoms with Gasteiger partial charge in [-0.2, -0.15) is 13.2 Å². The average molecular weight is 597 g/mol. The standard InChI is InChI=1S/C32H32ClF3N4O2/c1-38-8-10-39(11-9-38)22-27-5-2-23(17-29(27)32(34,35)36)18-31(41)26-6-7-30(33)25(19-26)4-3-24-16-28(21-37-20-24)40-12-14-42-15-13-40/h2,5-7,16-17,19-21H,8-15,18,22H2,1H3. The van der Waals surface area contributed by atoms with E-state index in [4.69, 9.17) is 16.3 Å². The summed E-state index contributed by atoms with van der Waals surface area (Å²) in [4.78, 5) is 23.8. The molecule has 0 radical (unpaired) electrons. The number of aromatic nitrogens is 1. The van der Waals surface area contributed by atoms with E-state index in [1.165, 1.54) is 6.07 Å². The Hall–Kier alpha value is -3.42. The zero-order valence-electron chi connectivity index (χ0n) is 23.4. The molecule has 2 aliphatic rings. The zero-order chi connectivity index (χ0) is 29.7. The van der Waals surface area contributed by atoms with Crippen molar-refractivity contribution in [2.24, 2.45) is 0 Å². The molecule has 6 nitrogen and oxygen atoms in total. The fraction of sp³-hybridized carbons (Fsp3) is 0.375. The van der Waals surface area contributed by atoms with Gasteiger partial charge in [-0.25, -0.2) is 0 Å². The first-order chi connectivity index (χ1) is 20.2. The van der Waals surface area contributed by atoms with Crippen LogP contribution in [0.4, 0.5) is 18.9 Å². The summed E-state index contributed by atoms with van der Waals surface area (Å²) in [5.41, 5.74) is 2.28. The Morgan fingerprint density at radius 2 is 1.74 bits per heavy atom. The third kappa shape index (κ3) is 7.69. The molecule has 0 unspecified atom stereocenters. The van der Waals surface area contributed by atoms with Gasteiger partial charge in [-0.1, -0.05) is 35.6 Å². The highest BCUT2D eigenvalue weighted by atomic mass is 35.5. The van der Waals surface area contributed by atoms with Crippen LogP contribution < -0.4 is 4.90 Å². The molecular formula is C32H32ClF3N4O2. The molecule has 5 rings (SSSR count). The highest BCUT2D eigenvalue weighted by Crippen LogP contribution is 2.34. The molecule has 0 bridgehead atoms. The molecule has 0 N–H and O–H groups in total. The lowest BCUT2D eigenvalue weighted by atomic mass is 9.97. The molecule has 2 aromatic carbocycles. The summed E-state index contributed by atoms with van der Waals surface area (Å²) in [6, 6.07) is 10.9. The number of hydrogen-bond donors (Lipinski definition) is 0. The summed E-state index contributed by atoms with van der Waals surface area (Å²) in [6.45, 7) is 6.15. The van der Waals surface area contributed by atoms with Crippen LogP contribution in [0.1, 0.15) is 38.2 Å². The van der Waals surface area contributed by atoms with Crippen LogP contribution >= 0.6 is 11.6 Å². The van der Waals surface area contributed by atoms with Crippen LogP contribution in [0.25, 0.3) is 0 Å². The molecule has 2 fully saturated rings. The minimum atomic E-state index is -4.52. The number of ether oxygens (including phenoxy) is 1. The Kier molecular flexibility index (Phi) is 9.49. The number of nitrogens with zero attached hydrogens (tertiary/aromatic N) is 4. The van der Waals surface area contributed by atoms with E-state index in [2.05, 4.69) is 26.6 Å². The fourth-order valence-corrected chi connectivity index (χ4v) is 5.26. The summed E-state index contributed by atoms with van der Waals surface area (Å²) >= 11 is 6.37. The number of anilines is 1. The van der Waals surface area contributed by atoms with Gasteiger partial charge in [0.05, 0.1) is 35.7 Å². The highest BCUT2D eigenvalue weighted by molar-refractivity contribution is 6.31. The van der Waals surface area contributed by atoms with Crippen LogP contribution in [0.15, 0.2) is 54.9 Å². The fourth-order valence-electron chi connectivity index (χ4n) is 5.09. The molecule has 2 aliphatic heterocycles. The predicted octanol–water partition coefficient (Wildman–Crippen LogP) is 5.16. The second kappa shape index (κ2) is 13.3. The minimum absolute atomic E-state index is 0.169. The van der Waals surface area contributed by atoms with Crippen molar-refractivity contribution in [2.45, 2.75) is 19.1 Å². The summed E-state index contributed by atoms with van der Waals surface area (Å²) < 4.78 is 47.4. The quantitative estimate of drug-likeness (QED) is 0.289. The third-order valence-electron chi connectivity index (χ3n) is 7.56. The number of piperazine rings is 1. The first-order valence-corrected chi connectivity index (χ1v) is 14.3. The Bertz CT molecular complexity index is 1490. The molecule has 0 amide bonds. The molecule has 3 heterocycles. The molecule has 0 aliphatic carbocycles. The van der Waals surface area contributed by atoms with E-state index in [1.807, 2.05) is 18.0 Å². The van der Waals surface area contributed by atoms with E-state index >= 15 is 0 Å². The molecule has 0 saturated carbocycles. The molecular weight excluding hydrogens is 565 g/mol. The maximum Gasteiger partial charge on any atom is 0.416 e. The van der Waals surface area contributed by atoms with E-state index in [1.54, 1.807) is 36.7 Å². The number of pyridine rings is 1. The molecule has 0 atom stereocenters. The van der Waals surface area contributed by atoms with Gasteiger partial charge in [0.1, 0.15) is 0 Å². The molecule has 42 heavy (non-hydrogen) atoms. The van der Waals surface area contributed by atoms with E-state index in [-0.39, 0.29) is 24.3 Å². The number of likely N-dealkylation sites (N-methyl/N-ethyl adjacent to an activating group) is 1. The van der Waals surface area contributed by atoms with Gasteiger partial charge in [-0.3, -0.25) is 14.7 Å². The number of hydrogen-bond acceptors (Lipinski definition) is 6. The van der Waals surface area contributed by atoms with Gasteiger partial charge in [0, 0.05) is 75.1 Å². The monoisotopic (exact) mass is 596 g/mol. The van der Waals surface area contributed by atoms with E-state index in [9.17, 15) is 18.0 Å². The third-order valence-corrected chi connectivity index (χ3v) is 7.89. The van der Waals surface area contributed by atoms with Gasteiger partial charge in [0.25, 0.3) is 0 Å². The van der Waals surface area contributed by atoms with Gasteiger partial charge in [0.2, 0.25) is 0 Å². The van der Waals surface area contributed by atoms with Gasteiger partial charge < -0.3 is 14.5 Å². The maximum absolute atomic E-state index is 14.0. The summed E-state index contributed by atoms with van der Waals surface area (Å²) in [5, 5.41) is 0.379. The number of carbonyl (C=O) groups is 1. The van der Waals surface area contributed by atoms with Crippen molar-refractivity contribution in [3.63, 3.8) is 0 Å². The SMILES string of the molecule is CN1CCN(Cc2ccc(CC(=O)c3ccc(Cl)c(C#Cc4cncc(N5CCOCC5)c4)c3)cc2C(F)(F)F)CC1. The first kappa shape index (κ1) is 30.1. The van der Waals surface area contributed by atoms with E-state index in [0.29, 0.717) is 53.6 Å².